The van der Waals surface area contributed by atoms with Gasteiger partial charge in [-0.15, -0.1) is 0 Å². The number of benzene rings is 2. The smallest absolute Gasteiger partial charge is 0.303 e. The van der Waals surface area contributed by atoms with Gasteiger partial charge in [-0.3, -0.25) is 4.79 Å². The first-order valence-corrected chi connectivity index (χ1v) is 10.3. The fourth-order valence-corrected chi connectivity index (χ4v) is 3.76. The Morgan fingerprint density at radius 2 is 1.86 bits per heavy atom. The number of carbonyl (C=O) groups is 1. The first-order chi connectivity index (χ1) is 14.2. The molecule has 0 saturated heterocycles. The maximum absolute atomic E-state index is 11.1. The van der Waals surface area contributed by atoms with Gasteiger partial charge in [0.2, 0.25) is 0 Å². The van der Waals surface area contributed by atoms with Crippen molar-refractivity contribution in [2.45, 2.75) is 57.2 Å². The molecule has 0 spiro atoms. The second-order valence-electron chi connectivity index (χ2n) is 7.56. The van der Waals surface area contributed by atoms with Crippen LogP contribution in [-0.2, 0) is 16.1 Å². The number of methoxy groups -OCH3 is 1. The van der Waals surface area contributed by atoms with Crippen molar-refractivity contribution in [2.75, 3.05) is 13.7 Å². The average Bonchev–Trinajstić information content (AvgIpc) is 3.24. The van der Waals surface area contributed by atoms with E-state index in [9.17, 15) is 4.79 Å². The topological polar surface area (TPSA) is 65.0 Å². The summed E-state index contributed by atoms with van der Waals surface area (Å²) >= 11 is 0. The van der Waals surface area contributed by atoms with E-state index < -0.39 is 5.97 Å². The summed E-state index contributed by atoms with van der Waals surface area (Å²) in [5.74, 6) is 0.628. The molecule has 0 amide bonds. The second kappa shape index (κ2) is 10.9. The molecular weight excluding hydrogens is 368 g/mol. The lowest BCUT2D eigenvalue weighted by atomic mass is 9.94. The maximum Gasteiger partial charge on any atom is 0.303 e. The van der Waals surface area contributed by atoms with E-state index in [-0.39, 0.29) is 18.4 Å². The molecule has 3 rings (SSSR count). The van der Waals surface area contributed by atoms with Crippen LogP contribution in [0, 0.1) is 0 Å². The van der Waals surface area contributed by atoms with Crippen LogP contribution in [0.4, 0.5) is 0 Å². The van der Waals surface area contributed by atoms with Gasteiger partial charge in [0.05, 0.1) is 26.4 Å². The predicted octanol–water partition coefficient (Wildman–Crippen LogP) is 5.18. The zero-order valence-electron chi connectivity index (χ0n) is 17.0. The zero-order valence-corrected chi connectivity index (χ0v) is 17.0. The van der Waals surface area contributed by atoms with Crippen LogP contribution in [0.3, 0.4) is 0 Å². The number of carboxylic acid groups (broad SMARTS) is 1. The summed E-state index contributed by atoms with van der Waals surface area (Å²) in [6.07, 6.45) is 5.36. The molecule has 1 saturated carbocycles. The van der Waals surface area contributed by atoms with Crippen molar-refractivity contribution in [3.63, 3.8) is 0 Å². The van der Waals surface area contributed by atoms with Crippen LogP contribution in [0.25, 0.3) is 0 Å². The molecule has 1 atom stereocenters. The molecule has 2 aromatic carbocycles. The van der Waals surface area contributed by atoms with Gasteiger partial charge in [-0.05, 0) is 55.4 Å². The van der Waals surface area contributed by atoms with Crippen molar-refractivity contribution >= 4 is 5.97 Å². The van der Waals surface area contributed by atoms with Gasteiger partial charge < -0.3 is 19.3 Å². The molecule has 5 nitrogen and oxygen atoms in total. The molecule has 1 aliphatic carbocycles. The Morgan fingerprint density at radius 3 is 2.55 bits per heavy atom. The highest BCUT2D eigenvalue weighted by Gasteiger charge is 2.21. The monoisotopic (exact) mass is 398 g/mol. The summed E-state index contributed by atoms with van der Waals surface area (Å²) in [4.78, 5) is 11.1. The minimum Gasteiger partial charge on any atom is -0.493 e. The molecule has 1 fully saturated rings. The van der Waals surface area contributed by atoms with Gasteiger partial charge >= 0.3 is 5.97 Å². The van der Waals surface area contributed by atoms with Crippen molar-refractivity contribution in [1.82, 2.24) is 0 Å². The van der Waals surface area contributed by atoms with Crippen molar-refractivity contribution in [2.24, 2.45) is 0 Å². The Balaban J connectivity index is 1.71. The average molecular weight is 398 g/mol. The molecule has 0 radical (unpaired) electrons. The highest BCUT2D eigenvalue weighted by Crippen LogP contribution is 2.35. The van der Waals surface area contributed by atoms with E-state index >= 15 is 0 Å². The van der Waals surface area contributed by atoms with E-state index in [2.05, 4.69) is 0 Å². The number of hydrogen-bond donors (Lipinski definition) is 1. The normalized spacial score (nSPS) is 15.2. The van der Waals surface area contributed by atoms with Crippen LogP contribution in [0.1, 0.15) is 55.6 Å². The standard InChI is InChI=1S/C24H30O5/c1-27-22-13-11-19(15-23(22)29-21-9-5-6-10-21)20(12-14-24(25)26)17-28-16-18-7-3-2-4-8-18/h2-4,7-8,11,13,15,20-21H,5-6,9-10,12,14,16-17H2,1H3,(H,25,26)/t20-/m1/s1. The largest absolute Gasteiger partial charge is 0.493 e. The molecular formula is C24H30O5. The maximum atomic E-state index is 11.1. The first kappa shape index (κ1) is 21.2. The molecule has 0 bridgehead atoms. The van der Waals surface area contributed by atoms with E-state index in [4.69, 9.17) is 19.3 Å². The molecule has 29 heavy (non-hydrogen) atoms. The Labute approximate surface area is 172 Å². The molecule has 156 valence electrons. The van der Waals surface area contributed by atoms with Crippen LogP contribution in [0.5, 0.6) is 11.5 Å². The van der Waals surface area contributed by atoms with Crippen molar-refractivity contribution in [1.29, 1.82) is 0 Å². The lowest BCUT2D eigenvalue weighted by Crippen LogP contribution is -2.14. The van der Waals surface area contributed by atoms with Gasteiger partial charge in [0.15, 0.2) is 11.5 Å². The second-order valence-corrected chi connectivity index (χ2v) is 7.56. The molecule has 0 aliphatic heterocycles. The van der Waals surface area contributed by atoms with Gasteiger partial charge in [-0.1, -0.05) is 36.4 Å². The lowest BCUT2D eigenvalue weighted by molar-refractivity contribution is -0.137. The van der Waals surface area contributed by atoms with Crippen LogP contribution in [0.2, 0.25) is 0 Å². The lowest BCUT2D eigenvalue weighted by Gasteiger charge is -2.21. The quantitative estimate of drug-likeness (QED) is 0.565. The van der Waals surface area contributed by atoms with Gasteiger partial charge in [-0.2, -0.15) is 0 Å². The van der Waals surface area contributed by atoms with Gasteiger partial charge in [0.25, 0.3) is 0 Å². The Kier molecular flexibility index (Phi) is 7.94. The van der Waals surface area contributed by atoms with Crippen LogP contribution in [0.15, 0.2) is 48.5 Å². The van der Waals surface area contributed by atoms with E-state index in [1.54, 1.807) is 7.11 Å². The molecule has 0 aromatic heterocycles. The summed E-state index contributed by atoms with van der Waals surface area (Å²) < 4.78 is 17.6. The van der Waals surface area contributed by atoms with Gasteiger partial charge in [-0.25, -0.2) is 0 Å². The van der Waals surface area contributed by atoms with Crippen molar-refractivity contribution < 1.29 is 24.1 Å². The summed E-state index contributed by atoms with van der Waals surface area (Å²) in [6, 6.07) is 15.9. The molecule has 1 aliphatic rings. The molecule has 2 aromatic rings. The summed E-state index contributed by atoms with van der Waals surface area (Å²) in [7, 11) is 1.64. The third-order valence-electron chi connectivity index (χ3n) is 5.39. The summed E-state index contributed by atoms with van der Waals surface area (Å²) in [5.41, 5.74) is 2.12. The minimum absolute atomic E-state index is 0.0216. The van der Waals surface area contributed by atoms with E-state index in [1.807, 2.05) is 48.5 Å². The minimum atomic E-state index is -0.797. The van der Waals surface area contributed by atoms with Crippen LogP contribution < -0.4 is 9.47 Å². The highest BCUT2D eigenvalue weighted by atomic mass is 16.5. The number of ether oxygens (including phenoxy) is 3. The third kappa shape index (κ3) is 6.50. The number of carboxylic acids is 1. The fourth-order valence-electron chi connectivity index (χ4n) is 3.76. The number of aliphatic carboxylic acids is 1. The van der Waals surface area contributed by atoms with E-state index in [0.717, 1.165) is 29.7 Å². The molecule has 5 heteroatoms. The Hall–Kier alpha value is -2.53. The van der Waals surface area contributed by atoms with E-state index in [0.29, 0.717) is 25.4 Å². The van der Waals surface area contributed by atoms with E-state index in [1.165, 1.54) is 12.8 Å². The summed E-state index contributed by atoms with van der Waals surface area (Å²) in [6.45, 7) is 0.962. The van der Waals surface area contributed by atoms with Gasteiger partial charge in [0, 0.05) is 12.3 Å². The molecule has 1 N–H and O–H groups in total. The van der Waals surface area contributed by atoms with Crippen molar-refractivity contribution in [3.05, 3.63) is 59.7 Å². The SMILES string of the molecule is COc1ccc([C@H](CCC(=O)O)COCc2ccccc2)cc1OC1CCCC1. The van der Waals surface area contributed by atoms with Gasteiger partial charge in [0.1, 0.15) is 0 Å². The molecule has 0 heterocycles. The number of hydrogen-bond acceptors (Lipinski definition) is 4. The zero-order chi connectivity index (χ0) is 20.5. The number of rotatable bonds is 11. The predicted molar refractivity (Wildman–Crippen MR) is 112 cm³/mol. The molecule has 0 unspecified atom stereocenters. The fraction of sp³-hybridized carbons (Fsp3) is 0.458. The first-order valence-electron chi connectivity index (χ1n) is 10.3. The van der Waals surface area contributed by atoms with Crippen LogP contribution >= 0.6 is 0 Å². The Bertz CT molecular complexity index is 768. The van der Waals surface area contributed by atoms with Crippen molar-refractivity contribution in [3.8, 4) is 11.5 Å². The summed E-state index contributed by atoms with van der Waals surface area (Å²) in [5, 5.41) is 9.15. The highest BCUT2D eigenvalue weighted by molar-refractivity contribution is 5.66. The van der Waals surface area contributed by atoms with Crippen LogP contribution in [-0.4, -0.2) is 30.9 Å². The Morgan fingerprint density at radius 1 is 1.10 bits per heavy atom. The third-order valence-corrected chi connectivity index (χ3v) is 5.39.